The number of rotatable bonds is 5. The van der Waals surface area contributed by atoms with Crippen LogP contribution >= 0.6 is 15.9 Å². The fraction of sp³-hybridized carbons (Fsp3) is 0.467. The highest BCUT2D eigenvalue weighted by molar-refractivity contribution is 9.08. The molecule has 0 aliphatic heterocycles. The summed E-state index contributed by atoms with van der Waals surface area (Å²) in [5.41, 5.74) is 1.98. The number of halogens is 1. The van der Waals surface area contributed by atoms with E-state index in [4.69, 9.17) is 4.74 Å². The summed E-state index contributed by atoms with van der Waals surface area (Å²) in [6.07, 6.45) is 8.97. The maximum atomic E-state index is 5.71. The molecule has 0 unspecified atom stereocenters. The van der Waals surface area contributed by atoms with E-state index in [1.54, 1.807) is 6.20 Å². The molecule has 5 heteroatoms. The molecule has 0 spiro atoms. The lowest BCUT2D eigenvalue weighted by Crippen LogP contribution is -2.06. The highest BCUT2D eigenvalue weighted by Crippen LogP contribution is 2.28. The molecule has 3 rings (SSSR count). The fourth-order valence-electron chi connectivity index (χ4n) is 2.56. The van der Waals surface area contributed by atoms with Crippen LogP contribution in [0.2, 0.25) is 0 Å². The molecule has 4 nitrogen and oxygen atoms in total. The topological polar surface area (TPSA) is 39.9 Å². The SMILES string of the molecule is BrCc1ccc(OCc2ccn(C3CCCC3)n2)cn1. The van der Waals surface area contributed by atoms with Crippen molar-refractivity contribution in [2.75, 3.05) is 0 Å². The van der Waals surface area contributed by atoms with E-state index in [-0.39, 0.29) is 0 Å². The van der Waals surface area contributed by atoms with Crippen molar-refractivity contribution in [2.45, 2.75) is 43.7 Å². The van der Waals surface area contributed by atoms with Crippen molar-refractivity contribution >= 4 is 15.9 Å². The van der Waals surface area contributed by atoms with Crippen LogP contribution in [0.4, 0.5) is 0 Å². The Morgan fingerprint density at radius 1 is 1.20 bits per heavy atom. The molecule has 2 aromatic rings. The summed E-state index contributed by atoms with van der Waals surface area (Å²) < 4.78 is 7.81. The lowest BCUT2D eigenvalue weighted by atomic mass is 10.3. The Morgan fingerprint density at radius 2 is 2.05 bits per heavy atom. The number of aromatic nitrogens is 3. The van der Waals surface area contributed by atoms with Crippen LogP contribution in [-0.4, -0.2) is 14.8 Å². The van der Waals surface area contributed by atoms with Gasteiger partial charge in [-0.3, -0.25) is 9.67 Å². The first-order chi connectivity index (χ1) is 9.85. The third-order valence-electron chi connectivity index (χ3n) is 3.68. The third-order valence-corrected chi connectivity index (χ3v) is 4.26. The summed E-state index contributed by atoms with van der Waals surface area (Å²) in [4.78, 5) is 4.28. The van der Waals surface area contributed by atoms with E-state index in [2.05, 4.69) is 36.9 Å². The van der Waals surface area contributed by atoms with Gasteiger partial charge in [0.25, 0.3) is 0 Å². The van der Waals surface area contributed by atoms with Gasteiger partial charge in [0.15, 0.2) is 0 Å². The van der Waals surface area contributed by atoms with Gasteiger partial charge in [0, 0.05) is 11.5 Å². The molecule has 1 fully saturated rings. The minimum absolute atomic E-state index is 0.495. The van der Waals surface area contributed by atoms with Gasteiger partial charge in [-0.05, 0) is 31.0 Å². The Kier molecular flexibility index (Phi) is 4.35. The molecule has 2 heterocycles. The van der Waals surface area contributed by atoms with Crippen LogP contribution in [0.1, 0.15) is 43.1 Å². The predicted molar refractivity (Wildman–Crippen MR) is 80.9 cm³/mol. The van der Waals surface area contributed by atoms with Crippen LogP contribution in [0.25, 0.3) is 0 Å². The molecular formula is C15H18BrN3O. The number of pyridine rings is 1. The second-order valence-corrected chi connectivity index (χ2v) is 5.69. The number of hydrogen-bond acceptors (Lipinski definition) is 3. The molecule has 106 valence electrons. The summed E-state index contributed by atoms with van der Waals surface area (Å²) >= 11 is 3.38. The average molecular weight is 336 g/mol. The van der Waals surface area contributed by atoms with Crippen LogP contribution in [0.5, 0.6) is 5.75 Å². The monoisotopic (exact) mass is 335 g/mol. The Hall–Kier alpha value is -1.36. The van der Waals surface area contributed by atoms with Crippen molar-refractivity contribution in [1.29, 1.82) is 0 Å². The zero-order valence-corrected chi connectivity index (χ0v) is 12.9. The molecule has 0 N–H and O–H groups in total. The van der Waals surface area contributed by atoms with Crippen LogP contribution in [0.15, 0.2) is 30.6 Å². The van der Waals surface area contributed by atoms with Gasteiger partial charge in [0.05, 0.1) is 23.6 Å². The predicted octanol–water partition coefficient (Wildman–Crippen LogP) is 3.87. The molecule has 1 aliphatic rings. The minimum atomic E-state index is 0.495. The van der Waals surface area contributed by atoms with Gasteiger partial charge in [-0.2, -0.15) is 5.10 Å². The molecule has 0 bridgehead atoms. The summed E-state index contributed by atoms with van der Waals surface area (Å²) in [5, 5.41) is 5.37. The highest BCUT2D eigenvalue weighted by Gasteiger charge is 2.17. The van der Waals surface area contributed by atoms with Crippen molar-refractivity contribution in [3.05, 3.63) is 42.0 Å². The summed E-state index contributed by atoms with van der Waals surface area (Å²) in [6.45, 7) is 0.495. The van der Waals surface area contributed by atoms with Gasteiger partial charge < -0.3 is 4.74 Å². The smallest absolute Gasteiger partial charge is 0.138 e. The largest absolute Gasteiger partial charge is 0.486 e. The van der Waals surface area contributed by atoms with Gasteiger partial charge in [-0.1, -0.05) is 28.8 Å². The average Bonchev–Trinajstić information content (AvgIpc) is 3.16. The van der Waals surface area contributed by atoms with E-state index in [0.29, 0.717) is 12.6 Å². The van der Waals surface area contributed by atoms with Crippen LogP contribution in [-0.2, 0) is 11.9 Å². The Bertz CT molecular complexity index is 547. The summed E-state index contributed by atoms with van der Waals surface area (Å²) in [6, 6.07) is 6.53. The lowest BCUT2D eigenvalue weighted by Gasteiger charge is -2.09. The van der Waals surface area contributed by atoms with E-state index in [9.17, 15) is 0 Å². The van der Waals surface area contributed by atoms with Gasteiger partial charge >= 0.3 is 0 Å². The first-order valence-corrected chi connectivity index (χ1v) is 8.15. The van der Waals surface area contributed by atoms with E-state index in [1.807, 2.05) is 18.2 Å². The quantitative estimate of drug-likeness (QED) is 0.778. The summed E-state index contributed by atoms with van der Waals surface area (Å²) in [7, 11) is 0. The maximum Gasteiger partial charge on any atom is 0.138 e. The third kappa shape index (κ3) is 3.20. The molecule has 0 saturated heterocycles. The molecule has 1 aliphatic carbocycles. The Balaban J connectivity index is 1.57. The van der Waals surface area contributed by atoms with Gasteiger partial charge in [0.1, 0.15) is 12.4 Å². The van der Waals surface area contributed by atoms with E-state index < -0.39 is 0 Å². The van der Waals surface area contributed by atoms with E-state index in [1.165, 1.54) is 25.7 Å². The van der Waals surface area contributed by atoms with Gasteiger partial charge in [-0.25, -0.2) is 0 Å². The number of nitrogens with zero attached hydrogens (tertiary/aromatic N) is 3. The second kappa shape index (κ2) is 6.39. The first kappa shape index (κ1) is 13.6. The number of alkyl halides is 1. The second-order valence-electron chi connectivity index (χ2n) is 5.13. The van der Waals surface area contributed by atoms with Crippen LogP contribution < -0.4 is 4.74 Å². The molecule has 0 radical (unpaired) electrons. The standard InChI is InChI=1S/C15H18BrN3O/c16-9-12-5-6-15(10-17-12)20-11-13-7-8-19(18-13)14-3-1-2-4-14/h5-8,10,14H,1-4,9,11H2. The van der Waals surface area contributed by atoms with E-state index in [0.717, 1.165) is 22.5 Å². The van der Waals surface area contributed by atoms with Gasteiger partial charge in [-0.15, -0.1) is 0 Å². The van der Waals surface area contributed by atoms with Crippen molar-refractivity contribution in [1.82, 2.24) is 14.8 Å². The molecule has 0 aromatic carbocycles. The normalized spacial score (nSPS) is 15.7. The van der Waals surface area contributed by atoms with Gasteiger partial charge in [0.2, 0.25) is 0 Å². The number of hydrogen-bond donors (Lipinski definition) is 0. The zero-order valence-electron chi connectivity index (χ0n) is 11.3. The Labute approximate surface area is 127 Å². The molecule has 2 aromatic heterocycles. The summed E-state index contributed by atoms with van der Waals surface area (Å²) in [5.74, 6) is 0.783. The Morgan fingerprint density at radius 3 is 2.75 bits per heavy atom. The van der Waals surface area contributed by atoms with Crippen molar-refractivity contribution in [3.8, 4) is 5.75 Å². The van der Waals surface area contributed by atoms with Crippen LogP contribution in [0, 0.1) is 0 Å². The van der Waals surface area contributed by atoms with Crippen molar-refractivity contribution in [2.24, 2.45) is 0 Å². The fourth-order valence-corrected chi connectivity index (χ4v) is 2.89. The molecule has 20 heavy (non-hydrogen) atoms. The first-order valence-electron chi connectivity index (χ1n) is 7.03. The number of ether oxygens (including phenoxy) is 1. The molecular weight excluding hydrogens is 318 g/mol. The maximum absolute atomic E-state index is 5.71. The zero-order chi connectivity index (χ0) is 13.8. The minimum Gasteiger partial charge on any atom is -0.486 e. The van der Waals surface area contributed by atoms with Crippen molar-refractivity contribution < 1.29 is 4.74 Å². The van der Waals surface area contributed by atoms with Crippen molar-refractivity contribution in [3.63, 3.8) is 0 Å². The lowest BCUT2D eigenvalue weighted by molar-refractivity contribution is 0.296. The highest BCUT2D eigenvalue weighted by atomic mass is 79.9. The van der Waals surface area contributed by atoms with E-state index >= 15 is 0 Å². The molecule has 1 saturated carbocycles. The van der Waals surface area contributed by atoms with Crippen LogP contribution in [0.3, 0.4) is 0 Å². The molecule has 0 amide bonds. The molecule has 0 atom stereocenters.